The normalized spacial score (nSPS) is 10.3. The molecule has 54 valence electrons. The van der Waals surface area contributed by atoms with E-state index in [4.69, 9.17) is 4.42 Å². The van der Waals surface area contributed by atoms with Gasteiger partial charge >= 0.3 is 11.8 Å². The predicted molar refractivity (Wildman–Crippen MR) is 45.4 cm³/mol. The molecule has 0 spiro atoms. The van der Waals surface area contributed by atoms with Crippen LogP contribution in [0, 0.1) is 6.92 Å². The van der Waals surface area contributed by atoms with Crippen molar-refractivity contribution in [1.82, 2.24) is 0 Å². The van der Waals surface area contributed by atoms with Crippen LogP contribution in [-0.4, -0.2) is 0 Å². The van der Waals surface area contributed by atoms with E-state index in [1.54, 1.807) is 6.26 Å². The van der Waals surface area contributed by atoms with Gasteiger partial charge in [0.25, 0.3) is 0 Å². The molecule has 0 bridgehead atoms. The lowest BCUT2D eigenvalue weighted by Gasteiger charge is -1.86. The van der Waals surface area contributed by atoms with Gasteiger partial charge in [-0.1, -0.05) is 12.1 Å². The Balaban J connectivity index is 2.83. The molecule has 0 amide bonds. The highest BCUT2D eigenvalue weighted by atomic mass is 16.3. The van der Waals surface area contributed by atoms with Gasteiger partial charge in [-0.3, -0.25) is 0 Å². The van der Waals surface area contributed by atoms with Crippen LogP contribution in [0.4, 0.5) is 0 Å². The van der Waals surface area contributed by atoms with E-state index in [0.29, 0.717) is 0 Å². The first-order chi connectivity index (χ1) is 5.36. The maximum atomic E-state index is 5.34. The molecule has 0 fully saturated rings. The predicted octanol–water partition coefficient (Wildman–Crippen LogP) is 3.02. The molecule has 0 aliphatic carbocycles. The zero-order valence-corrected chi connectivity index (χ0v) is 6.37. The number of hydrogen-bond acceptors (Lipinski definition) is 0. The second kappa shape index (κ2) is 2.35. The number of fused-ring (bicyclic) bond motifs is 1. The van der Waals surface area contributed by atoms with E-state index in [2.05, 4.69) is 6.07 Å². The first-order valence-corrected chi connectivity index (χ1v) is 3.63. The maximum Gasteiger partial charge on any atom is 0.359 e. The summed E-state index contributed by atoms with van der Waals surface area (Å²) in [7, 11) is 0. The third kappa shape index (κ3) is 1.09. The van der Waals surface area contributed by atoms with Gasteiger partial charge < -0.3 is 0 Å². The molecule has 0 aliphatic heterocycles. The molecule has 0 radical (unpaired) electrons. The van der Waals surface area contributed by atoms with E-state index >= 15 is 0 Å². The molecule has 0 unspecified atom stereocenters. The number of rotatable bonds is 0. The minimum atomic E-state index is 0.943. The third-order valence-electron chi connectivity index (χ3n) is 1.67. The molecule has 0 N–H and O–H groups in total. The number of benzene rings is 1. The van der Waals surface area contributed by atoms with E-state index in [9.17, 15) is 0 Å². The quantitative estimate of drug-likeness (QED) is 0.518. The summed E-state index contributed by atoms with van der Waals surface area (Å²) in [6, 6.07) is 10.1. The van der Waals surface area contributed by atoms with Crippen molar-refractivity contribution in [3.63, 3.8) is 0 Å². The van der Waals surface area contributed by atoms with E-state index in [1.807, 2.05) is 31.2 Å². The van der Waals surface area contributed by atoms with Crippen LogP contribution in [0.3, 0.4) is 0 Å². The van der Waals surface area contributed by atoms with Crippen molar-refractivity contribution in [2.45, 2.75) is 6.92 Å². The molecular formula is C10H9O+. The fourth-order valence-corrected chi connectivity index (χ4v) is 1.14. The van der Waals surface area contributed by atoms with Gasteiger partial charge in [0.1, 0.15) is 0 Å². The van der Waals surface area contributed by atoms with Gasteiger partial charge in [-0.15, -0.1) is 0 Å². The Morgan fingerprint density at radius 3 is 2.91 bits per heavy atom. The lowest BCUT2D eigenvalue weighted by Crippen LogP contribution is -1.73. The summed E-state index contributed by atoms with van der Waals surface area (Å²) < 4.78 is 5.34. The molecule has 0 aliphatic rings. The minimum absolute atomic E-state index is 0.943. The van der Waals surface area contributed by atoms with Crippen LogP contribution < -0.4 is 0 Å². The van der Waals surface area contributed by atoms with Crippen LogP contribution in [0.15, 0.2) is 41.0 Å². The van der Waals surface area contributed by atoms with Crippen LogP contribution in [0.2, 0.25) is 0 Å². The summed E-state index contributed by atoms with van der Waals surface area (Å²) in [4.78, 5) is 0. The molecule has 2 rings (SSSR count). The van der Waals surface area contributed by atoms with Crippen molar-refractivity contribution >= 4 is 11.0 Å². The van der Waals surface area contributed by atoms with Crippen molar-refractivity contribution in [1.29, 1.82) is 0 Å². The summed E-state index contributed by atoms with van der Waals surface area (Å²) in [5, 5.41) is 1.16. The lowest BCUT2D eigenvalue weighted by molar-refractivity contribution is 0.599. The van der Waals surface area contributed by atoms with E-state index in [-0.39, 0.29) is 0 Å². The summed E-state index contributed by atoms with van der Waals surface area (Å²) >= 11 is 0. The Morgan fingerprint density at radius 1 is 1.18 bits per heavy atom. The molecule has 2 aromatic rings. The minimum Gasteiger partial charge on any atom is -0.215 e. The van der Waals surface area contributed by atoms with Gasteiger partial charge in [0.2, 0.25) is 0 Å². The Kier molecular flexibility index (Phi) is 1.35. The highest BCUT2D eigenvalue weighted by molar-refractivity contribution is 5.76. The second-order valence-corrected chi connectivity index (χ2v) is 2.66. The van der Waals surface area contributed by atoms with Crippen molar-refractivity contribution in [3.8, 4) is 0 Å². The third-order valence-corrected chi connectivity index (χ3v) is 1.67. The van der Waals surface area contributed by atoms with Gasteiger partial charge in [0, 0.05) is 11.6 Å². The summed E-state index contributed by atoms with van der Waals surface area (Å²) in [6.45, 7) is 2.02. The first kappa shape index (κ1) is 6.35. The van der Waals surface area contributed by atoms with Crippen molar-refractivity contribution in [3.05, 3.63) is 42.2 Å². The molecule has 1 heteroatoms. The van der Waals surface area contributed by atoms with Gasteiger partial charge in [-0.2, -0.15) is 0 Å². The van der Waals surface area contributed by atoms with Gasteiger partial charge in [0.15, 0.2) is 0 Å². The first-order valence-electron chi connectivity index (χ1n) is 3.63. The number of aryl methyl sites for hydroxylation is 1. The zero-order chi connectivity index (χ0) is 7.68. The molecule has 1 aromatic heterocycles. The van der Waals surface area contributed by atoms with Gasteiger partial charge in [-0.25, -0.2) is 4.42 Å². The fraction of sp³-hybridized carbons (Fsp3) is 0.100. The second-order valence-electron chi connectivity index (χ2n) is 2.66. The Hall–Kier alpha value is -1.37. The van der Waals surface area contributed by atoms with Crippen molar-refractivity contribution < 1.29 is 4.42 Å². The summed E-state index contributed by atoms with van der Waals surface area (Å²) in [5.41, 5.74) is 2.10. The number of para-hydroxylation sites is 1. The van der Waals surface area contributed by atoms with E-state index in [0.717, 1.165) is 16.5 Å². The summed E-state index contributed by atoms with van der Waals surface area (Å²) in [5.74, 6) is 0. The molecule has 1 aromatic carbocycles. The standard InChI is InChI=1S/C10H9O/c1-8-6-9-4-2-3-5-10(9)11-7-8/h2-7H,1H3/q+1. The van der Waals surface area contributed by atoms with Crippen molar-refractivity contribution in [2.24, 2.45) is 0 Å². The Labute approximate surface area is 65.3 Å². The molecular weight excluding hydrogens is 136 g/mol. The van der Waals surface area contributed by atoms with Crippen molar-refractivity contribution in [2.75, 3.05) is 0 Å². The molecule has 0 saturated heterocycles. The molecule has 0 saturated carbocycles. The maximum absolute atomic E-state index is 5.34. The lowest BCUT2D eigenvalue weighted by atomic mass is 10.2. The molecule has 1 nitrogen and oxygen atoms in total. The van der Waals surface area contributed by atoms with Gasteiger partial charge in [-0.05, 0) is 19.1 Å². The average molecular weight is 145 g/mol. The number of hydrogen-bond donors (Lipinski definition) is 0. The molecule has 1 heterocycles. The largest absolute Gasteiger partial charge is 0.359 e. The topological polar surface area (TPSA) is 11.3 Å². The highest BCUT2D eigenvalue weighted by Crippen LogP contribution is 2.14. The van der Waals surface area contributed by atoms with Crippen LogP contribution in [0.5, 0.6) is 0 Å². The Morgan fingerprint density at radius 2 is 2.00 bits per heavy atom. The molecule has 11 heavy (non-hydrogen) atoms. The zero-order valence-electron chi connectivity index (χ0n) is 6.37. The Bertz CT molecular complexity index is 379. The van der Waals surface area contributed by atoms with Crippen LogP contribution in [0.1, 0.15) is 5.56 Å². The SMILES string of the molecule is Cc1c[o+]c2ccccc2c1. The van der Waals surface area contributed by atoms with Gasteiger partial charge in [0.05, 0.1) is 5.39 Å². The van der Waals surface area contributed by atoms with Crippen LogP contribution in [-0.2, 0) is 0 Å². The molecule has 0 atom stereocenters. The highest BCUT2D eigenvalue weighted by Gasteiger charge is 2.02. The van der Waals surface area contributed by atoms with E-state index in [1.165, 1.54) is 0 Å². The monoisotopic (exact) mass is 145 g/mol. The average Bonchev–Trinajstić information content (AvgIpc) is 2.04. The van der Waals surface area contributed by atoms with Crippen LogP contribution >= 0.6 is 0 Å². The van der Waals surface area contributed by atoms with Crippen LogP contribution in [0.25, 0.3) is 11.0 Å². The van der Waals surface area contributed by atoms with E-state index < -0.39 is 0 Å². The smallest absolute Gasteiger partial charge is 0.215 e. The summed E-state index contributed by atoms with van der Waals surface area (Å²) in [6.07, 6.45) is 1.77. The fourth-order valence-electron chi connectivity index (χ4n) is 1.14.